The second kappa shape index (κ2) is 4.56. The Morgan fingerprint density at radius 1 is 1.44 bits per heavy atom. The van der Waals surface area contributed by atoms with Crippen LogP contribution >= 0.6 is 0 Å². The van der Waals surface area contributed by atoms with Crippen LogP contribution in [0.1, 0.15) is 11.3 Å². The largest absolute Gasteiger partial charge is 0.574 e. The van der Waals surface area contributed by atoms with E-state index >= 15 is 0 Å². The van der Waals surface area contributed by atoms with Crippen LogP contribution in [-0.2, 0) is 6.54 Å². The van der Waals surface area contributed by atoms with Gasteiger partial charge in [0.15, 0.2) is 0 Å². The molecule has 0 aromatic carbocycles. The van der Waals surface area contributed by atoms with Gasteiger partial charge in [0.2, 0.25) is 5.88 Å². The zero-order chi connectivity index (χ0) is 12.3. The zero-order valence-electron chi connectivity index (χ0n) is 8.76. The lowest BCUT2D eigenvalue weighted by atomic mass is 10.2. The molecule has 7 heteroatoms. The second-order valence-electron chi connectivity index (χ2n) is 2.99. The highest BCUT2D eigenvalue weighted by molar-refractivity contribution is 5.40. The summed E-state index contributed by atoms with van der Waals surface area (Å²) in [6.07, 6.45) is -4.76. The Labute approximate surface area is 90.2 Å². The number of pyridine rings is 1. The van der Waals surface area contributed by atoms with Gasteiger partial charge in [0.05, 0.1) is 12.8 Å². The number of nitrogens with two attached hydrogens (primary N) is 1. The van der Waals surface area contributed by atoms with Crippen LogP contribution in [0.3, 0.4) is 0 Å². The molecule has 1 heterocycles. The lowest BCUT2D eigenvalue weighted by molar-refractivity contribution is -0.276. The van der Waals surface area contributed by atoms with E-state index in [0.29, 0.717) is 17.0 Å². The van der Waals surface area contributed by atoms with Gasteiger partial charge in [-0.2, -0.15) is 0 Å². The molecule has 0 atom stereocenters. The fraction of sp³-hybridized carbons (Fsp3) is 0.444. The molecule has 1 aromatic rings. The predicted octanol–water partition coefficient (Wildman–Crippen LogP) is 1.76. The number of methoxy groups -OCH3 is 1. The van der Waals surface area contributed by atoms with Gasteiger partial charge >= 0.3 is 6.36 Å². The van der Waals surface area contributed by atoms with Crippen LogP contribution in [0.15, 0.2) is 6.07 Å². The van der Waals surface area contributed by atoms with E-state index in [4.69, 9.17) is 10.5 Å². The molecule has 0 spiro atoms. The molecule has 0 amide bonds. The highest BCUT2D eigenvalue weighted by Gasteiger charge is 2.32. The molecule has 1 aromatic heterocycles. The van der Waals surface area contributed by atoms with Crippen molar-refractivity contribution >= 4 is 0 Å². The smallest absolute Gasteiger partial charge is 0.495 e. The zero-order valence-corrected chi connectivity index (χ0v) is 8.76. The van der Waals surface area contributed by atoms with Crippen LogP contribution in [-0.4, -0.2) is 18.5 Å². The minimum Gasteiger partial charge on any atom is -0.495 e. The second-order valence-corrected chi connectivity index (χ2v) is 2.99. The van der Waals surface area contributed by atoms with Gasteiger partial charge in [0.1, 0.15) is 5.75 Å². The molecule has 0 radical (unpaired) electrons. The Morgan fingerprint density at radius 3 is 2.50 bits per heavy atom. The van der Waals surface area contributed by atoms with Gasteiger partial charge in [-0.1, -0.05) is 0 Å². The summed E-state index contributed by atoms with van der Waals surface area (Å²) in [7, 11) is 1.40. The number of aryl methyl sites for hydroxylation is 1. The third-order valence-corrected chi connectivity index (χ3v) is 1.84. The Bertz CT molecular complexity index is 380. The van der Waals surface area contributed by atoms with E-state index in [1.165, 1.54) is 14.0 Å². The van der Waals surface area contributed by atoms with Crippen molar-refractivity contribution < 1.29 is 22.6 Å². The highest BCUT2D eigenvalue weighted by Crippen LogP contribution is 2.28. The molecule has 0 aliphatic rings. The Hall–Kier alpha value is -1.50. The van der Waals surface area contributed by atoms with Crippen LogP contribution in [0.4, 0.5) is 13.2 Å². The van der Waals surface area contributed by atoms with E-state index in [0.717, 1.165) is 6.07 Å². The van der Waals surface area contributed by atoms with Gasteiger partial charge in [0.25, 0.3) is 0 Å². The molecule has 1 rings (SSSR count). The monoisotopic (exact) mass is 236 g/mol. The highest BCUT2D eigenvalue weighted by atomic mass is 19.4. The van der Waals surface area contributed by atoms with E-state index < -0.39 is 12.2 Å². The van der Waals surface area contributed by atoms with Crippen LogP contribution in [0.2, 0.25) is 0 Å². The van der Waals surface area contributed by atoms with E-state index in [1.54, 1.807) is 0 Å². The maximum atomic E-state index is 12.0. The van der Waals surface area contributed by atoms with E-state index in [1.807, 2.05) is 0 Å². The number of nitrogens with zero attached hydrogens (tertiary/aromatic N) is 1. The molecule has 0 aliphatic carbocycles. The van der Waals surface area contributed by atoms with Crippen LogP contribution in [0.5, 0.6) is 11.6 Å². The van der Waals surface area contributed by atoms with Gasteiger partial charge in [0, 0.05) is 18.2 Å². The summed E-state index contributed by atoms with van der Waals surface area (Å²) in [6.45, 7) is 1.56. The van der Waals surface area contributed by atoms with Gasteiger partial charge in [-0.05, 0) is 6.92 Å². The van der Waals surface area contributed by atoms with Gasteiger partial charge in [-0.25, -0.2) is 4.98 Å². The molecule has 2 N–H and O–H groups in total. The average molecular weight is 236 g/mol. The lowest BCUT2D eigenvalue weighted by Crippen LogP contribution is -2.18. The Morgan fingerprint density at radius 2 is 2.06 bits per heavy atom. The SMILES string of the molecule is COc1c(CN)cc(OC(F)(F)F)nc1C. The van der Waals surface area contributed by atoms with Crippen LogP contribution in [0.25, 0.3) is 0 Å². The lowest BCUT2D eigenvalue weighted by Gasteiger charge is -2.13. The summed E-state index contributed by atoms with van der Waals surface area (Å²) in [5.74, 6) is -0.164. The van der Waals surface area contributed by atoms with Gasteiger partial charge in [-0.3, -0.25) is 0 Å². The normalized spacial score (nSPS) is 11.4. The summed E-state index contributed by atoms with van der Waals surface area (Å²) >= 11 is 0. The van der Waals surface area contributed by atoms with Crippen molar-refractivity contribution in [3.8, 4) is 11.6 Å². The number of alkyl halides is 3. The minimum absolute atomic E-state index is 0.0424. The molecular formula is C9H11F3N2O2. The molecule has 90 valence electrons. The van der Waals surface area contributed by atoms with Crippen molar-refractivity contribution in [2.45, 2.75) is 19.8 Å². The Kier molecular flexibility index (Phi) is 3.58. The van der Waals surface area contributed by atoms with Crippen molar-refractivity contribution in [2.75, 3.05) is 7.11 Å². The molecule has 4 nitrogen and oxygen atoms in total. The van der Waals surface area contributed by atoms with E-state index in [9.17, 15) is 13.2 Å². The first-order valence-corrected chi connectivity index (χ1v) is 4.37. The maximum Gasteiger partial charge on any atom is 0.574 e. The molecule has 0 fully saturated rings. The molecular weight excluding hydrogens is 225 g/mol. The molecule has 0 aliphatic heterocycles. The molecule has 0 saturated heterocycles. The van der Waals surface area contributed by atoms with Crippen LogP contribution < -0.4 is 15.2 Å². The summed E-state index contributed by atoms with van der Waals surface area (Å²) in [4.78, 5) is 3.62. The topological polar surface area (TPSA) is 57.4 Å². The first-order chi connectivity index (χ1) is 7.37. The summed E-state index contributed by atoms with van der Waals surface area (Å²) in [6, 6.07) is 1.11. The minimum atomic E-state index is -4.76. The van der Waals surface area contributed by atoms with Crippen molar-refractivity contribution in [3.63, 3.8) is 0 Å². The number of ether oxygens (including phenoxy) is 2. The van der Waals surface area contributed by atoms with Crippen molar-refractivity contribution in [1.82, 2.24) is 4.98 Å². The quantitative estimate of drug-likeness (QED) is 0.868. The molecule has 0 bridgehead atoms. The number of hydrogen-bond acceptors (Lipinski definition) is 4. The summed E-state index contributed by atoms with van der Waals surface area (Å²) in [5.41, 5.74) is 6.09. The third-order valence-electron chi connectivity index (χ3n) is 1.84. The first kappa shape index (κ1) is 12.6. The third kappa shape index (κ3) is 2.99. The molecule has 0 unspecified atom stereocenters. The average Bonchev–Trinajstić information content (AvgIpc) is 2.14. The molecule has 16 heavy (non-hydrogen) atoms. The number of rotatable bonds is 3. The van der Waals surface area contributed by atoms with Crippen molar-refractivity contribution in [3.05, 3.63) is 17.3 Å². The summed E-state index contributed by atoms with van der Waals surface area (Å²) in [5, 5.41) is 0. The Balaban J connectivity index is 3.10. The number of aromatic nitrogens is 1. The number of hydrogen-bond donors (Lipinski definition) is 1. The van der Waals surface area contributed by atoms with Crippen LogP contribution in [0, 0.1) is 6.92 Å². The van der Waals surface area contributed by atoms with E-state index in [2.05, 4.69) is 9.72 Å². The standard InChI is InChI=1S/C9H11F3N2O2/c1-5-8(15-2)6(4-13)3-7(14-5)16-9(10,11)12/h3H,4,13H2,1-2H3. The summed E-state index contributed by atoms with van der Waals surface area (Å²) < 4.78 is 44.6. The van der Waals surface area contributed by atoms with Gasteiger partial charge in [-0.15, -0.1) is 13.2 Å². The first-order valence-electron chi connectivity index (χ1n) is 4.37. The maximum absolute atomic E-state index is 12.0. The van der Waals surface area contributed by atoms with Crippen molar-refractivity contribution in [2.24, 2.45) is 5.73 Å². The van der Waals surface area contributed by atoms with Gasteiger partial charge < -0.3 is 15.2 Å². The fourth-order valence-electron chi connectivity index (χ4n) is 1.30. The number of halogens is 3. The van der Waals surface area contributed by atoms with Crippen molar-refractivity contribution in [1.29, 1.82) is 0 Å². The fourth-order valence-corrected chi connectivity index (χ4v) is 1.30. The molecule has 0 saturated carbocycles. The predicted molar refractivity (Wildman–Crippen MR) is 50.1 cm³/mol. The van der Waals surface area contributed by atoms with E-state index in [-0.39, 0.29) is 6.54 Å².